The van der Waals surface area contributed by atoms with Gasteiger partial charge in [0.1, 0.15) is 0 Å². The van der Waals surface area contributed by atoms with Crippen LogP contribution >= 0.6 is 0 Å². The molecule has 1 unspecified atom stereocenters. The van der Waals surface area contributed by atoms with Gasteiger partial charge in [0.15, 0.2) is 0 Å². The second-order valence-corrected chi connectivity index (χ2v) is 5.10. The number of aliphatic hydroxyl groups is 1. The summed E-state index contributed by atoms with van der Waals surface area (Å²) in [5.41, 5.74) is 3.38. The van der Waals surface area contributed by atoms with Crippen LogP contribution in [0, 0.1) is 0 Å². The van der Waals surface area contributed by atoms with Crippen LogP contribution in [-0.2, 0) is 0 Å². The highest BCUT2D eigenvalue weighted by Crippen LogP contribution is 2.23. The van der Waals surface area contributed by atoms with Crippen LogP contribution in [0.2, 0.25) is 0 Å². The lowest BCUT2D eigenvalue weighted by atomic mass is 10.0. The summed E-state index contributed by atoms with van der Waals surface area (Å²) in [6, 6.07) is 18.5. The van der Waals surface area contributed by atoms with E-state index in [0.717, 1.165) is 18.5 Å². The quantitative estimate of drug-likeness (QED) is 0.885. The first-order chi connectivity index (χ1) is 9.16. The second kappa shape index (κ2) is 6.50. The highest BCUT2D eigenvalue weighted by molar-refractivity contribution is 5.63. The van der Waals surface area contributed by atoms with Crippen LogP contribution in [0.25, 0.3) is 11.1 Å². The third-order valence-electron chi connectivity index (χ3n) is 3.25. The van der Waals surface area contributed by atoms with Gasteiger partial charge in [0.25, 0.3) is 0 Å². The SMILES string of the molecule is CN(C)CCC(O)c1ccc(-c2ccccc2)cc1. The van der Waals surface area contributed by atoms with Crippen LogP contribution < -0.4 is 0 Å². The Labute approximate surface area is 115 Å². The molecule has 2 heteroatoms. The van der Waals surface area contributed by atoms with Crippen LogP contribution in [0.3, 0.4) is 0 Å². The number of aliphatic hydroxyl groups excluding tert-OH is 1. The van der Waals surface area contributed by atoms with E-state index in [1.54, 1.807) is 0 Å². The molecular weight excluding hydrogens is 234 g/mol. The second-order valence-electron chi connectivity index (χ2n) is 5.10. The van der Waals surface area contributed by atoms with E-state index in [4.69, 9.17) is 0 Å². The average molecular weight is 255 g/mol. The molecule has 0 saturated carbocycles. The summed E-state index contributed by atoms with van der Waals surface area (Å²) in [4.78, 5) is 2.08. The number of benzene rings is 2. The van der Waals surface area contributed by atoms with Gasteiger partial charge in [0.05, 0.1) is 6.10 Å². The Morgan fingerprint density at radius 1 is 0.895 bits per heavy atom. The largest absolute Gasteiger partial charge is 0.388 e. The number of hydrogen-bond donors (Lipinski definition) is 1. The lowest BCUT2D eigenvalue weighted by molar-refractivity contribution is 0.154. The minimum atomic E-state index is -0.382. The Balaban J connectivity index is 2.06. The molecule has 0 amide bonds. The van der Waals surface area contributed by atoms with E-state index in [1.165, 1.54) is 11.1 Å². The van der Waals surface area contributed by atoms with Crippen molar-refractivity contribution in [3.8, 4) is 11.1 Å². The zero-order chi connectivity index (χ0) is 13.7. The fourth-order valence-electron chi connectivity index (χ4n) is 2.08. The third-order valence-corrected chi connectivity index (χ3v) is 3.25. The van der Waals surface area contributed by atoms with Crippen LogP contribution in [0.4, 0.5) is 0 Å². The Hall–Kier alpha value is -1.64. The molecule has 0 radical (unpaired) electrons. The molecule has 0 saturated heterocycles. The third kappa shape index (κ3) is 3.91. The number of nitrogens with zero attached hydrogens (tertiary/aromatic N) is 1. The Kier molecular flexibility index (Phi) is 4.72. The molecule has 0 spiro atoms. The van der Waals surface area contributed by atoms with E-state index >= 15 is 0 Å². The van der Waals surface area contributed by atoms with Crippen LogP contribution in [0.5, 0.6) is 0 Å². The van der Waals surface area contributed by atoms with Crippen molar-refractivity contribution in [2.45, 2.75) is 12.5 Å². The molecule has 0 heterocycles. The molecule has 1 atom stereocenters. The minimum Gasteiger partial charge on any atom is -0.388 e. The molecule has 2 aromatic carbocycles. The Bertz CT molecular complexity index is 490. The van der Waals surface area contributed by atoms with Gasteiger partial charge in [-0.05, 0) is 37.2 Å². The molecule has 100 valence electrons. The molecule has 0 bridgehead atoms. The van der Waals surface area contributed by atoms with Gasteiger partial charge in [0, 0.05) is 6.54 Å². The summed E-state index contributed by atoms with van der Waals surface area (Å²) in [5, 5.41) is 10.1. The van der Waals surface area contributed by atoms with Gasteiger partial charge in [-0.25, -0.2) is 0 Å². The molecule has 1 N–H and O–H groups in total. The van der Waals surface area contributed by atoms with Crippen molar-refractivity contribution in [2.24, 2.45) is 0 Å². The van der Waals surface area contributed by atoms with Crippen LogP contribution in [0.15, 0.2) is 54.6 Å². The first-order valence-corrected chi connectivity index (χ1v) is 6.65. The molecule has 2 rings (SSSR count). The molecule has 0 aliphatic rings. The Morgan fingerprint density at radius 3 is 2.05 bits per heavy atom. The maximum absolute atomic E-state index is 10.1. The summed E-state index contributed by atoms with van der Waals surface area (Å²) in [7, 11) is 4.04. The zero-order valence-electron chi connectivity index (χ0n) is 11.6. The van der Waals surface area contributed by atoms with Gasteiger partial charge in [-0.2, -0.15) is 0 Å². The fraction of sp³-hybridized carbons (Fsp3) is 0.294. The predicted molar refractivity (Wildman–Crippen MR) is 80.0 cm³/mol. The van der Waals surface area contributed by atoms with Crippen LogP contribution in [0.1, 0.15) is 18.1 Å². The van der Waals surface area contributed by atoms with Gasteiger partial charge in [0.2, 0.25) is 0 Å². The highest BCUT2D eigenvalue weighted by atomic mass is 16.3. The van der Waals surface area contributed by atoms with Gasteiger partial charge in [-0.3, -0.25) is 0 Å². The Morgan fingerprint density at radius 2 is 1.47 bits per heavy atom. The topological polar surface area (TPSA) is 23.5 Å². The van der Waals surface area contributed by atoms with Crippen molar-refractivity contribution in [1.82, 2.24) is 4.90 Å². The molecule has 0 aliphatic carbocycles. The van der Waals surface area contributed by atoms with E-state index in [1.807, 2.05) is 44.4 Å². The van der Waals surface area contributed by atoms with Crippen molar-refractivity contribution < 1.29 is 5.11 Å². The highest BCUT2D eigenvalue weighted by Gasteiger charge is 2.08. The normalized spacial score (nSPS) is 12.6. The summed E-state index contributed by atoms with van der Waals surface area (Å²) >= 11 is 0. The lowest BCUT2D eigenvalue weighted by Crippen LogP contribution is -2.15. The van der Waals surface area contributed by atoms with E-state index in [9.17, 15) is 5.11 Å². The van der Waals surface area contributed by atoms with Crippen molar-refractivity contribution in [3.05, 3.63) is 60.2 Å². The first kappa shape index (κ1) is 13.8. The summed E-state index contributed by atoms with van der Waals surface area (Å²) in [6.07, 6.45) is 0.379. The van der Waals surface area contributed by atoms with E-state index < -0.39 is 0 Å². The summed E-state index contributed by atoms with van der Waals surface area (Å²) in [6.45, 7) is 0.890. The summed E-state index contributed by atoms with van der Waals surface area (Å²) < 4.78 is 0. The minimum absolute atomic E-state index is 0.382. The van der Waals surface area contributed by atoms with Gasteiger partial charge in [-0.1, -0.05) is 54.6 Å². The van der Waals surface area contributed by atoms with Gasteiger partial charge in [-0.15, -0.1) is 0 Å². The molecule has 19 heavy (non-hydrogen) atoms. The fourth-order valence-corrected chi connectivity index (χ4v) is 2.08. The van der Waals surface area contributed by atoms with Crippen molar-refractivity contribution in [2.75, 3.05) is 20.6 Å². The van der Waals surface area contributed by atoms with E-state index in [2.05, 4.69) is 29.2 Å². The lowest BCUT2D eigenvalue weighted by Gasteiger charge is -2.15. The van der Waals surface area contributed by atoms with Crippen molar-refractivity contribution >= 4 is 0 Å². The smallest absolute Gasteiger partial charge is 0.0802 e. The zero-order valence-corrected chi connectivity index (χ0v) is 11.6. The molecule has 2 nitrogen and oxygen atoms in total. The summed E-state index contributed by atoms with van der Waals surface area (Å²) in [5.74, 6) is 0. The molecular formula is C17H21NO. The maximum atomic E-state index is 10.1. The van der Waals surface area contributed by atoms with Gasteiger partial charge >= 0.3 is 0 Å². The number of hydrogen-bond acceptors (Lipinski definition) is 2. The molecule has 0 aromatic heterocycles. The van der Waals surface area contributed by atoms with Crippen LogP contribution in [-0.4, -0.2) is 30.6 Å². The standard InChI is InChI=1S/C17H21NO/c1-18(2)13-12-17(19)16-10-8-15(9-11-16)14-6-4-3-5-7-14/h3-11,17,19H,12-13H2,1-2H3. The maximum Gasteiger partial charge on any atom is 0.0802 e. The molecule has 0 fully saturated rings. The van der Waals surface area contributed by atoms with Crippen molar-refractivity contribution in [1.29, 1.82) is 0 Å². The van der Waals surface area contributed by atoms with Crippen molar-refractivity contribution in [3.63, 3.8) is 0 Å². The monoisotopic (exact) mass is 255 g/mol. The molecule has 2 aromatic rings. The predicted octanol–water partition coefficient (Wildman–Crippen LogP) is 3.34. The number of rotatable bonds is 5. The molecule has 0 aliphatic heterocycles. The van der Waals surface area contributed by atoms with Gasteiger partial charge < -0.3 is 10.0 Å². The average Bonchev–Trinajstić information content (AvgIpc) is 2.46. The first-order valence-electron chi connectivity index (χ1n) is 6.65. The van der Waals surface area contributed by atoms with E-state index in [0.29, 0.717) is 0 Å². The van der Waals surface area contributed by atoms with E-state index in [-0.39, 0.29) is 6.10 Å².